The van der Waals surface area contributed by atoms with Crippen LogP contribution in [-0.2, 0) is 4.74 Å². The molecule has 2 saturated heterocycles. The Morgan fingerprint density at radius 3 is 2.64 bits per heavy atom. The summed E-state index contributed by atoms with van der Waals surface area (Å²) in [6.45, 7) is 6.97. The summed E-state index contributed by atoms with van der Waals surface area (Å²) in [5, 5.41) is 18.5. The molecule has 2 aromatic heterocycles. The van der Waals surface area contributed by atoms with Gasteiger partial charge in [-0.2, -0.15) is 5.10 Å². The summed E-state index contributed by atoms with van der Waals surface area (Å²) < 4.78 is 33.6. The molecule has 1 saturated carbocycles. The van der Waals surface area contributed by atoms with Crippen LogP contribution in [-0.4, -0.2) is 73.6 Å². The molecule has 192 valence electrons. The molecule has 0 amide bonds. The molecule has 1 aromatic carbocycles. The van der Waals surface area contributed by atoms with Gasteiger partial charge in [0.15, 0.2) is 5.15 Å². The zero-order valence-electron chi connectivity index (χ0n) is 20.2. The second kappa shape index (κ2) is 8.58. The average Bonchev–Trinajstić information content (AvgIpc) is 3.13. The quantitative estimate of drug-likeness (QED) is 0.516. The minimum Gasteiger partial charge on any atom is -0.389 e. The fraction of sp³-hybridized carbons (Fsp3) is 0.560. The Balaban J connectivity index is 1.20. The Kier molecular flexibility index (Phi) is 5.71. The van der Waals surface area contributed by atoms with E-state index in [0.717, 1.165) is 41.5 Å². The van der Waals surface area contributed by atoms with E-state index in [1.54, 1.807) is 6.20 Å². The van der Waals surface area contributed by atoms with E-state index in [1.165, 1.54) is 17.3 Å². The van der Waals surface area contributed by atoms with E-state index in [-0.39, 0.29) is 17.1 Å². The summed E-state index contributed by atoms with van der Waals surface area (Å²) in [7, 11) is 0. The SMILES string of the molecule is Cc1cc2cnc(Nc3cnn(C4CC4(F)F)c3Cl)nc2cc1C1CCN([C@@]2(C)COC[C@H]2O)CC1. The maximum absolute atomic E-state index is 13.4. The zero-order valence-corrected chi connectivity index (χ0v) is 21.0. The number of aliphatic hydroxyl groups is 1. The molecule has 8 nitrogen and oxygen atoms in total. The van der Waals surface area contributed by atoms with E-state index < -0.39 is 18.1 Å². The summed E-state index contributed by atoms with van der Waals surface area (Å²) in [6, 6.07) is 3.24. The van der Waals surface area contributed by atoms with Crippen LogP contribution in [0.5, 0.6) is 0 Å². The average molecular weight is 519 g/mol. The van der Waals surface area contributed by atoms with Gasteiger partial charge in [-0.3, -0.25) is 4.90 Å². The van der Waals surface area contributed by atoms with Crippen LogP contribution < -0.4 is 5.32 Å². The molecule has 11 heteroatoms. The number of benzene rings is 1. The predicted molar refractivity (Wildman–Crippen MR) is 132 cm³/mol. The number of nitrogens with zero attached hydrogens (tertiary/aromatic N) is 5. The van der Waals surface area contributed by atoms with Gasteiger partial charge in [0.1, 0.15) is 6.04 Å². The van der Waals surface area contributed by atoms with Gasteiger partial charge in [0, 0.05) is 18.0 Å². The fourth-order valence-corrected chi connectivity index (χ4v) is 5.86. The van der Waals surface area contributed by atoms with Crippen LogP contribution in [0.25, 0.3) is 10.9 Å². The minimum atomic E-state index is -2.76. The van der Waals surface area contributed by atoms with E-state index in [1.807, 2.05) is 0 Å². The molecule has 2 N–H and O–H groups in total. The molecule has 2 aliphatic heterocycles. The lowest BCUT2D eigenvalue weighted by Crippen LogP contribution is -2.56. The first kappa shape index (κ1) is 24.0. The molecule has 3 aromatic rings. The maximum atomic E-state index is 13.4. The molecular formula is C25H29ClF2N6O2. The van der Waals surface area contributed by atoms with Crippen LogP contribution in [0, 0.1) is 6.92 Å². The molecule has 1 aliphatic carbocycles. The molecule has 3 aliphatic rings. The van der Waals surface area contributed by atoms with Crippen molar-refractivity contribution in [2.45, 2.75) is 62.6 Å². The molecule has 0 radical (unpaired) electrons. The highest BCUT2D eigenvalue weighted by atomic mass is 35.5. The number of halogens is 3. The number of anilines is 2. The second-order valence-electron chi connectivity index (χ2n) is 10.5. The number of alkyl halides is 2. The van der Waals surface area contributed by atoms with Crippen LogP contribution in [0.2, 0.25) is 5.15 Å². The molecule has 0 spiro atoms. The lowest BCUT2D eigenvalue weighted by Gasteiger charge is -2.43. The summed E-state index contributed by atoms with van der Waals surface area (Å²) in [5.41, 5.74) is 3.35. The molecule has 1 unspecified atom stereocenters. The summed E-state index contributed by atoms with van der Waals surface area (Å²) in [5.74, 6) is -2.04. The Morgan fingerprint density at radius 1 is 1.22 bits per heavy atom. The van der Waals surface area contributed by atoms with E-state index in [4.69, 9.17) is 16.3 Å². The van der Waals surface area contributed by atoms with Gasteiger partial charge in [-0.1, -0.05) is 11.6 Å². The number of aliphatic hydroxyl groups excluding tert-OH is 1. The number of likely N-dealkylation sites (tertiary alicyclic amines) is 1. The van der Waals surface area contributed by atoms with Crippen molar-refractivity contribution >= 4 is 34.1 Å². The van der Waals surface area contributed by atoms with Crippen molar-refractivity contribution in [2.75, 3.05) is 31.6 Å². The molecule has 3 atom stereocenters. The van der Waals surface area contributed by atoms with Crippen molar-refractivity contribution in [1.82, 2.24) is 24.6 Å². The van der Waals surface area contributed by atoms with Crippen molar-refractivity contribution in [3.8, 4) is 0 Å². The van der Waals surface area contributed by atoms with Gasteiger partial charge in [-0.25, -0.2) is 23.4 Å². The van der Waals surface area contributed by atoms with Gasteiger partial charge in [-0.05, 0) is 69.0 Å². The van der Waals surface area contributed by atoms with Crippen molar-refractivity contribution in [2.24, 2.45) is 0 Å². The molecule has 4 heterocycles. The number of fused-ring (bicyclic) bond motifs is 1. The molecule has 36 heavy (non-hydrogen) atoms. The number of ether oxygens (including phenoxy) is 1. The van der Waals surface area contributed by atoms with Crippen molar-refractivity contribution in [1.29, 1.82) is 0 Å². The third kappa shape index (κ3) is 4.04. The Labute approximate surface area is 212 Å². The van der Waals surface area contributed by atoms with Crippen molar-refractivity contribution in [3.63, 3.8) is 0 Å². The molecular weight excluding hydrogens is 490 g/mol. The molecule has 3 fully saturated rings. The maximum Gasteiger partial charge on any atom is 0.272 e. The van der Waals surface area contributed by atoms with Crippen LogP contribution in [0.1, 0.15) is 49.3 Å². The van der Waals surface area contributed by atoms with Gasteiger partial charge in [0.2, 0.25) is 5.95 Å². The lowest BCUT2D eigenvalue weighted by atomic mass is 9.84. The number of aromatic nitrogens is 4. The highest BCUT2D eigenvalue weighted by Crippen LogP contribution is 2.53. The Bertz CT molecular complexity index is 1310. The van der Waals surface area contributed by atoms with Gasteiger partial charge < -0.3 is 15.2 Å². The zero-order chi connectivity index (χ0) is 25.2. The summed E-state index contributed by atoms with van der Waals surface area (Å²) in [4.78, 5) is 11.4. The van der Waals surface area contributed by atoms with Crippen LogP contribution in [0.15, 0.2) is 24.5 Å². The second-order valence-corrected chi connectivity index (χ2v) is 10.9. The number of rotatable bonds is 5. The Hall–Kier alpha value is -2.40. The van der Waals surface area contributed by atoms with E-state index in [9.17, 15) is 13.9 Å². The van der Waals surface area contributed by atoms with Crippen molar-refractivity contribution in [3.05, 3.63) is 40.8 Å². The highest BCUT2D eigenvalue weighted by molar-refractivity contribution is 6.32. The largest absolute Gasteiger partial charge is 0.389 e. The number of nitrogens with one attached hydrogen (secondary N) is 1. The third-order valence-electron chi connectivity index (χ3n) is 8.08. The first-order valence-electron chi connectivity index (χ1n) is 12.3. The first-order chi connectivity index (χ1) is 17.2. The van der Waals surface area contributed by atoms with E-state index in [2.05, 4.69) is 51.3 Å². The van der Waals surface area contributed by atoms with E-state index in [0.29, 0.717) is 30.8 Å². The Morgan fingerprint density at radius 2 is 1.97 bits per heavy atom. The topological polar surface area (TPSA) is 88.3 Å². The third-order valence-corrected chi connectivity index (χ3v) is 8.46. The smallest absolute Gasteiger partial charge is 0.272 e. The first-order valence-corrected chi connectivity index (χ1v) is 12.7. The number of piperidine rings is 1. The lowest BCUT2D eigenvalue weighted by molar-refractivity contribution is -0.00214. The minimum absolute atomic E-state index is 0.115. The van der Waals surface area contributed by atoms with Crippen molar-refractivity contribution < 1.29 is 18.6 Å². The van der Waals surface area contributed by atoms with Gasteiger partial charge >= 0.3 is 0 Å². The summed E-state index contributed by atoms with van der Waals surface area (Å²) >= 11 is 6.30. The fourth-order valence-electron chi connectivity index (χ4n) is 5.60. The van der Waals surface area contributed by atoms with Gasteiger partial charge in [0.25, 0.3) is 5.92 Å². The number of hydrogen-bond donors (Lipinski definition) is 2. The normalized spacial score (nSPS) is 28.6. The highest BCUT2D eigenvalue weighted by Gasteiger charge is 2.59. The predicted octanol–water partition coefficient (Wildman–Crippen LogP) is 4.44. The van der Waals surface area contributed by atoms with E-state index >= 15 is 0 Å². The standard InChI is InChI=1S/C25H29ClF2N6O2/c1-14-7-16-10-29-23(32-19-11-30-34(22(19)26)20-9-25(20,27)28)31-18(16)8-17(14)15-3-5-33(6-4-15)24(2)13-36-12-21(24)35/h7-8,10-11,15,20-21,35H,3-6,9,12-13H2,1-2H3,(H,29,31,32)/t20?,21-,24+/m1/s1. The van der Waals surface area contributed by atoms with Crippen LogP contribution in [0.4, 0.5) is 20.4 Å². The van der Waals surface area contributed by atoms with Gasteiger partial charge in [0.05, 0.1) is 42.3 Å². The number of hydrogen-bond acceptors (Lipinski definition) is 7. The number of aryl methyl sites for hydroxylation is 1. The monoisotopic (exact) mass is 518 g/mol. The molecule has 0 bridgehead atoms. The van der Waals surface area contributed by atoms with Crippen LogP contribution >= 0.6 is 11.6 Å². The summed E-state index contributed by atoms with van der Waals surface area (Å²) in [6.07, 6.45) is 4.44. The molecule has 6 rings (SSSR count). The van der Waals surface area contributed by atoms with Gasteiger partial charge in [-0.15, -0.1) is 0 Å². The van der Waals surface area contributed by atoms with Crippen LogP contribution in [0.3, 0.4) is 0 Å².